The normalized spacial score (nSPS) is 18.2. The lowest BCUT2D eigenvalue weighted by Gasteiger charge is -2.27. The Morgan fingerprint density at radius 1 is 1.09 bits per heavy atom. The maximum atomic E-state index is 14.4. The summed E-state index contributed by atoms with van der Waals surface area (Å²) in [4.78, 5) is 26.2. The number of methoxy groups -OCH3 is 1. The van der Waals surface area contributed by atoms with Crippen molar-refractivity contribution in [2.45, 2.75) is 18.3 Å². The van der Waals surface area contributed by atoms with E-state index in [2.05, 4.69) is 20.9 Å². The van der Waals surface area contributed by atoms with E-state index in [4.69, 9.17) is 9.47 Å². The molecule has 1 saturated heterocycles. The van der Waals surface area contributed by atoms with Gasteiger partial charge in [-0.05, 0) is 48.7 Å². The topological polar surface area (TPSA) is 67.8 Å². The van der Waals surface area contributed by atoms with Gasteiger partial charge in [-0.15, -0.1) is 0 Å². The fourth-order valence-electron chi connectivity index (χ4n) is 4.97. The zero-order valence-electron chi connectivity index (χ0n) is 19.0. The third-order valence-corrected chi connectivity index (χ3v) is 7.08. The van der Waals surface area contributed by atoms with E-state index >= 15 is 0 Å². The van der Waals surface area contributed by atoms with Crippen LogP contribution in [0.25, 0.3) is 11.1 Å². The molecule has 1 aliphatic carbocycles. The monoisotopic (exact) mass is 460 g/mol. The van der Waals surface area contributed by atoms with E-state index in [1.165, 1.54) is 11.6 Å². The third-order valence-electron chi connectivity index (χ3n) is 7.08. The lowest BCUT2D eigenvalue weighted by molar-refractivity contribution is 0.0303. The number of hydrogen-bond acceptors (Lipinski definition) is 6. The largest absolute Gasteiger partial charge is 0.497 e. The minimum absolute atomic E-state index is 0.0209. The fraction of sp³-hybridized carbons (Fsp3) is 0.346. The van der Waals surface area contributed by atoms with Crippen LogP contribution in [0.3, 0.4) is 0 Å². The van der Waals surface area contributed by atoms with Crippen LogP contribution in [0.2, 0.25) is 0 Å². The molecule has 3 aromatic rings. The summed E-state index contributed by atoms with van der Waals surface area (Å²) in [6.45, 7) is 3.13. The van der Waals surface area contributed by atoms with Gasteiger partial charge < -0.3 is 19.3 Å². The third kappa shape index (κ3) is 3.49. The van der Waals surface area contributed by atoms with Gasteiger partial charge in [0.1, 0.15) is 11.6 Å². The number of carbonyl (C=O) groups is 1. The molecule has 8 heteroatoms. The van der Waals surface area contributed by atoms with Gasteiger partial charge in [-0.25, -0.2) is 14.4 Å². The fourth-order valence-corrected chi connectivity index (χ4v) is 4.97. The Labute approximate surface area is 197 Å². The van der Waals surface area contributed by atoms with E-state index in [1.807, 2.05) is 17.0 Å². The number of ether oxygens (including phenoxy) is 2. The Balaban J connectivity index is 1.32. The molecular formula is C26H25FN4O3. The molecule has 3 aliphatic rings. The number of carbonyl (C=O) groups excluding carboxylic acids is 1. The van der Waals surface area contributed by atoms with Crippen molar-refractivity contribution in [1.82, 2.24) is 14.9 Å². The van der Waals surface area contributed by atoms with Gasteiger partial charge >= 0.3 is 0 Å². The lowest BCUT2D eigenvalue weighted by atomic mass is 9.97. The second-order valence-electron chi connectivity index (χ2n) is 9.12. The molecule has 2 fully saturated rings. The number of fused-ring (bicyclic) bond motifs is 2. The van der Waals surface area contributed by atoms with Crippen molar-refractivity contribution >= 4 is 17.5 Å². The van der Waals surface area contributed by atoms with Gasteiger partial charge in [0.05, 0.1) is 20.3 Å². The van der Waals surface area contributed by atoms with Crippen molar-refractivity contribution in [1.29, 1.82) is 0 Å². The van der Waals surface area contributed by atoms with Crippen LogP contribution in [0.4, 0.5) is 16.0 Å². The highest BCUT2D eigenvalue weighted by Crippen LogP contribution is 2.57. The summed E-state index contributed by atoms with van der Waals surface area (Å²) in [6, 6.07) is 10.6. The van der Waals surface area contributed by atoms with Crippen LogP contribution >= 0.6 is 0 Å². The molecule has 0 radical (unpaired) electrons. The van der Waals surface area contributed by atoms with Crippen LogP contribution < -0.4 is 9.64 Å². The van der Waals surface area contributed by atoms with Gasteiger partial charge in [0, 0.05) is 59.8 Å². The summed E-state index contributed by atoms with van der Waals surface area (Å²) in [5, 5.41) is 0. The lowest BCUT2D eigenvalue weighted by Crippen LogP contribution is -2.40. The number of rotatable bonds is 4. The minimum Gasteiger partial charge on any atom is -0.497 e. The molecule has 7 nitrogen and oxygen atoms in total. The average molecular weight is 461 g/mol. The molecule has 34 heavy (non-hydrogen) atoms. The van der Waals surface area contributed by atoms with E-state index in [9.17, 15) is 9.18 Å². The molecule has 6 rings (SSSR count). The molecule has 1 amide bonds. The average Bonchev–Trinajstić information content (AvgIpc) is 3.60. The summed E-state index contributed by atoms with van der Waals surface area (Å²) in [5.41, 5.74) is 3.98. The predicted molar refractivity (Wildman–Crippen MR) is 125 cm³/mol. The zero-order chi connectivity index (χ0) is 23.3. The molecule has 2 aliphatic heterocycles. The van der Waals surface area contributed by atoms with Crippen molar-refractivity contribution in [2.24, 2.45) is 0 Å². The molecule has 3 heterocycles. The van der Waals surface area contributed by atoms with Crippen LogP contribution in [-0.4, -0.2) is 60.7 Å². The summed E-state index contributed by atoms with van der Waals surface area (Å²) < 4.78 is 25.0. The van der Waals surface area contributed by atoms with Crippen LogP contribution in [-0.2, 0) is 10.2 Å². The van der Waals surface area contributed by atoms with Gasteiger partial charge in [0.25, 0.3) is 5.91 Å². The summed E-state index contributed by atoms with van der Waals surface area (Å²) >= 11 is 0. The Morgan fingerprint density at radius 3 is 2.56 bits per heavy atom. The smallest absolute Gasteiger partial charge is 0.254 e. The molecule has 1 aromatic heterocycles. The van der Waals surface area contributed by atoms with Gasteiger partial charge in [-0.3, -0.25) is 4.79 Å². The van der Waals surface area contributed by atoms with Crippen LogP contribution in [0.15, 0.2) is 48.8 Å². The standard InChI is InChI=1S/C26H25FN4O3/c1-33-19-3-5-22(27)20(13-19)18-14-28-25(29-15-18)31-16-26(6-7-26)21-4-2-17(12-23(21)31)24(32)30-8-10-34-11-9-30/h2-5,12-15H,6-11,16H2,1H3. The summed E-state index contributed by atoms with van der Waals surface area (Å²) in [7, 11) is 1.55. The Kier molecular flexibility index (Phi) is 4.99. The Hall–Kier alpha value is -3.52. The highest BCUT2D eigenvalue weighted by molar-refractivity contribution is 5.96. The highest BCUT2D eigenvalue weighted by Gasteiger charge is 2.52. The second-order valence-corrected chi connectivity index (χ2v) is 9.12. The zero-order valence-corrected chi connectivity index (χ0v) is 19.0. The predicted octanol–water partition coefficient (Wildman–Crippen LogP) is 3.95. The van der Waals surface area contributed by atoms with Crippen LogP contribution in [0.5, 0.6) is 5.75 Å². The number of aromatic nitrogens is 2. The number of morpholine rings is 1. The van der Waals surface area contributed by atoms with E-state index in [0.717, 1.165) is 25.1 Å². The van der Waals surface area contributed by atoms with E-state index in [0.29, 0.717) is 54.7 Å². The number of halogens is 1. The number of benzene rings is 2. The minimum atomic E-state index is -0.355. The van der Waals surface area contributed by atoms with Crippen molar-refractivity contribution < 1.29 is 18.7 Å². The highest BCUT2D eigenvalue weighted by atomic mass is 19.1. The van der Waals surface area contributed by atoms with E-state index < -0.39 is 0 Å². The summed E-state index contributed by atoms with van der Waals surface area (Å²) in [5.74, 6) is 0.787. The number of hydrogen-bond donors (Lipinski definition) is 0. The molecule has 0 atom stereocenters. The molecule has 2 aromatic carbocycles. The first kappa shape index (κ1) is 21.0. The van der Waals surface area contributed by atoms with E-state index in [1.54, 1.807) is 31.6 Å². The van der Waals surface area contributed by atoms with Crippen molar-refractivity contribution in [3.63, 3.8) is 0 Å². The molecule has 0 unspecified atom stereocenters. The Bertz CT molecular complexity index is 1250. The van der Waals surface area contributed by atoms with Crippen LogP contribution in [0.1, 0.15) is 28.8 Å². The Morgan fingerprint density at radius 2 is 1.85 bits per heavy atom. The first-order valence-electron chi connectivity index (χ1n) is 11.5. The van der Waals surface area contributed by atoms with Gasteiger partial charge in [-0.1, -0.05) is 6.07 Å². The molecule has 0 bridgehead atoms. The van der Waals surface area contributed by atoms with Crippen molar-refractivity contribution in [2.75, 3.05) is 44.9 Å². The quantitative estimate of drug-likeness (QED) is 0.588. The second kappa shape index (κ2) is 8.06. The van der Waals surface area contributed by atoms with Crippen molar-refractivity contribution in [3.8, 4) is 16.9 Å². The van der Waals surface area contributed by atoms with Gasteiger partial charge in [0.2, 0.25) is 5.95 Å². The first-order chi connectivity index (χ1) is 16.6. The van der Waals surface area contributed by atoms with Crippen LogP contribution in [0, 0.1) is 5.82 Å². The van der Waals surface area contributed by atoms with Crippen molar-refractivity contribution in [3.05, 3.63) is 65.7 Å². The number of nitrogens with zero attached hydrogens (tertiary/aromatic N) is 4. The molecule has 174 valence electrons. The molecule has 1 spiro atoms. The first-order valence-corrected chi connectivity index (χ1v) is 11.5. The SMILES string of the molecule is COc1ccc(F)c(-c2cnc(N3CC4(CC4)c4ccc(C(=O)N5CCOCC5)cc43)nc2)c1. The summed E-state index contributed by atoms with van der Waals surface area (Å²) in [6.07, 6.45) is 5.50. The van der Waals surface area contributed by atoms with E-state index in [-0.39, 0.29) is 17.1 Å². The molecule has 0 N–H and O–H groups in total. The van der Waals surface area contributed by atoms with Gasteiger partial charge in [0.15, 0.2) is 0 Å². The molecule has 1 saturated carbocycles. The number of anilines is 2. The number of amides is 1. The maximum absolute atomic E-state index is 14.4. The van der Waals surface area contributed by atoms with Gasteiger partial charge in [-0.2, -0.15) is 0 Å². The maximum Gasteiger partial charge on any atom is 0.254 e. The molecular weight excluding hydrogens is 435 g/mol.